The lowest BCUT2D eigenvalue weighted by Gasteiger charge is -2.44. The molecule has 15 heavy (non-hydrogen) atoms. The van der Waals surface area contributed by atoms with Gasteiger partial charge in [-0.15, -0.1) is 0 Å². The third-order valence-corrected chi connectivity index (χ3v) is 2.49. The van der Waals surface area contributed by atoms with E-state index in [1.165, 1.54) is 21.0 Å². The predicted molar refractivity (Wildman–Crippen MR) is 51.5 cm³/mol. The standard InChI is InChI=1S/C8H14N4O3/c1-4(13)5-8(9,10)6(14)12(3)7(15)11(5)2/h5H,9-10H2,1-3H3. The van der Waals surface area contributed by atoms with Crippen molar-refractivity contribution in [1.29, 1.82) is 0 Å². The van der Waals surface area contributed by atoms with E-state index in [9.17, 15) is 14.4 Å². The van der Waals surface area contributed by atoms with Crippen LogP contribution in [-0.2, 0) is 9.59 Å². The summed E-state index contributed by atoms with van der Waals surface area (Å²) in [4.78, 5) is 36.3. The van der Waals surface area contributed by atoms with Crippen molar-refractivity contribution in [2.45, 2.75) is 18.6 Å². The first-order valence-electron chi connectivity index (χ1n) is 4.34. The molecule has 1 aliphatic rings. The fourth-order valence-corrected chi connectivity index (χ4v) is 1.77. The molecular weight excluding hydrogens is 200 g/mol. The number of carbonyl (C=O) groups is 3. The number of nitrogens with zero attached hydrogens (tertiary/aromatic N) is 2. The van der Waals surface area contributed by atoms with Gasteiger partial charge in [0.1, 0.15) is 6.04 Å². The van der Waals surface area contributed by atoms with E-state index in [0.29, 0.717) is 0 Å². The molecule has 0 aromatic carbocycles. The molecule has 1 fully saturated rings. The molecule has 0 aromatic rings. The van der Waals surface area contributed by atoms with Gasteiger partial charge >= 0.3 is 6.03 Å². The van der Waals surface area contributed by atoms with Gasteiger partial charge in [0.05, 0.1) is 0 Å². The molecule has 0 saturated carbocycles. The normalized spacial score (nSPS) is 25.8. The molecule has 4 N–H and O–H groups in total. The molecule has 1 atom stereocenters. The van der Waals surface area contributed by atoms with E-state index >= 15 is 0 Å². The first kappa shape index (κ1) is 11.6. The number of Topliss-reactive ketones (excluding diaryl/α,β-unsaturated/α-hetero) is 1. The quantitative estimate of drug-likeness (QED) is 0.494. The van der Waals surface area contributed by atoms with Crippen molar-refractivity contribution in [1.82, 2.24) is 9.80 Å². The Hall–Kier alpha value is -1.47. The molecule has 1 heterocycles. The van der Waals surface area contributed by atoms with Gasteiger partial charge in [-0.05, 0) is 6.92 Å². The van der Waals surface area contributed by atoms with Gasteiger partial charge in [-0.3, -0.25) is 14.5 Å². The molecule has 0 aromatic heterocycles. The second kappa shape index (κ2) is 3.28. The lowest BCUT2D eigenvalue weighted by atomic mass is 9.94. The zero-order valence-corrected chi connectivity index (χ0v) is 8.85. The molecule has 1 aliphatic heterocycles. The Labute approximate surface area is 87.0 Å². The van der Waals surface area contributed by atoms with Crippen molar-refractivity contribution in [3.05, 3.63) is 0 Å². The van der Waals surface area contributed by atoms with Crippen molar-refractivity contribution in [3.63, 3.8) is 0 Å². The highest BCUT2D eigenvalue weighted by Gasteiger charge is 2.52. The molecule has 84 valence electrons. The zero-order valence-electron chi connectivity index (χ0n) is 8.85. The van der Waals surface area contributed by atoms with Crippen molar-refractivity contribution < 1.29 is 14.4 Å². The Morgan fingerprint density at radius 2 is 1.80 bits per heavy atom. The summed E-state index contributed by atoms with van der Waals surface area (Å²) in [6, 6.07) is -1.71. The largest absolute Gasteiger partial charge is 0.327 e. The van der Waals surface area contributed by atoms with Gasteiger partial charge in [-0.25, -0.2) is 4.79 Å². The number of hydrogen-bond donors (Lipinski definition) is 2. The van der Waals surface area contributed by atoms with Crippen LogP contribution in [0.25, 0.3) is 0 Å². The molecule has 0 radical (unpaired) electrons. The van der Waals surface area contributed by atoms with Crippen LogP contribution >= 0.6 is 0 Å². The van der Waals surface area contributed by atoms with Crippen molar-refractivity contribution in [3.8, 4) is 0 Å². The first-order chi connectivity index (χ1) is 6.71. The lowest BCUT2D eigenvalue weighted by Crippen LogP contribution is -2.79. The first-order valence-corrected chi connectivity index (χ1v) is 4.34. The Balaban J connectivity index is 3.21. The fraction of sp³-hybridized carbons (Fsp3) is 0.625. The van der Waals surface area contributed by atoms with E-state index in [2.05, 4.69) is 0 Å². The Kier molecular flexibility index (Phi) is 2.54. The summed E-state index contributed by atoms with van der Waals surface area (Å²) in [5.74, 6) is -1.18. The van der Waals surface area contributed by atoms with E-state index in [-0.39, 0.29) is 0 Å². The summed E-state index contributed by atoms with van der Waals surface area (Å²) >= 11 is 0. The Morgan fingerprint density at radius 3 is 2.20 bits per heavy atom. The maximum absolute atomic E-state index is 11.6. The average Bonchev–Trinajstić information content (AvgIpc) is 2.11. The highest BCUT2D eigenvalue weighted by Crippen LogP contribution is 2.19. The Bertz CT molecular complexity index is 339. The minimum Gasteiger partial charge on any atom is -0.313 e. The second-order valence-corrected chi connectivity index (χ2v) is 3.70. The molecule has 0 spiro atoms. The van der Waals surface area contributed by atoms with E-state index in [1.54, 1.807) is 0 Å². The number of urea groups is 1. The van der Waals surface area contributed by atoms with Crippen LogP contribution < -0.4 is 11.5 Å². The average molecular weight is 214 g/mol. The monoisotopic (exact) mass is 214 g/mol. The third-order valence-electron chi connectivity index (χ3n) is 2.49. The molecule has 3 amide bonds. The minimum absolute atomic E-state index is 0.419. The summed E-state index contributed by atoms with van der Waals surface area (Å²) in [7, 11) is 2.65. The summed E-state index contributed by atoms with van der Waals surface area (Å²) in [6.07, 6.45) is 0. The zero-order chi connectivity index (χ0) is 12.0. The molecule has 7 nitrogen and oxygen atoms in total. The third kappa shape index (κ3) is 1.49. The predicted octanol–water partition coefficient (Wildman–Crippen LogP) is -1.92. The molecule has 1 unspecified atom stereocenters. The van der Waals surface area contributed by atoms with Crippen LogP contribution in [0.5, 0.6) is 0 Å². The van der Waals surface area contributed by atoms with Gasteiger partial charge in [-0.1, -0.05) is 0 Å². The summed E-state index contributed by atoms with van der Waals surface area (Å²) in [6.45, 7) is 1.24. The number of likely N-dealkylation sites (N-methyl/N-ethyl adjacent to an activating group) is 2. The molecular formula is C8H14N4O3. The number of rotatable bonds is 1. The Morgan fingerprint density at radius 1 is 1.33 bits per heavy atom. The molecule has 0 aliphatic carbocycles. The van der Waals surface area contributed by atoms with Gasteiger partial charge in [-0.2, -0.15) is 0 Å². The number of ketones is 1. The van der Waals surface area contributed by atoms with Gasteiger partial charge in [0, 0.05) is 14.1 Å². The summed E-state index contributed by atoms with van der Waals surface area (Å²) in [5.41, 5.74) is 9.30. The SMILES string of the molecule is CC(=O)C1N(C)C(=O)N(C)C(=O)C1(N)N. The molecule has 1 rings (SSSR count). The van der Waals surface area contributed by atoms with Crippen molar-refractivity contribution in [2.24, 2.45) is 11.5 Å². The van der Waals surface area contributed by atoms with Gasteiger partial charge in [0.2, 0.25) is 0 Å². The molecule has 7 heteroatoms. The van der Waals surface area contributed by atoms with E-state index in [0.717, 1.165) is 9.80 Å². The van der Waals surface area contributed by atoms with E-state index in [1.807, 2.05) is 0 Å². The topological polar surface area (TPSA) is 110 Å². The maximum Gasteiger partial charge on any atom is 0.327 e. The number of nitrogens with two attached hydrogens (primary N) is 2. The summed E-state index contributed by atoms with van der Waals surface area (Å²) in [5, 5.41) is 0. The number of imide groups is 1. The highest BCUT2D eigenvalue weighted by atomic mass is 16.2. The van der Waals surface area contributed by atoms with Gasteiger partial charge < -0.3 is 16.4 Å². The van der Waals surface area contributed by atoms with E-state index < -0.39 is 29.4 Å². The van der Waals surface area contributed by atoms with Gasteiger partial charge in [0.25, 0.3) is 5.91 Å². The van der Waals surface area contributed by atoms with Crippen LogP contribution in [0, 0.1) is 0 Å². The van der Waals surface area contributed by atoms with Crippen LogP contribution in [0.4, 0.5) is 4.79 Å². The smallest absolute Gasteiger partial charge is 0.313 e. The second-order valence-electron chi connectivity index (χ2n) is 3.70. The van der Waals surface area contributed by atoms with Crippen molar-refractivity contribution >= 4 is 17.7 Å². The van der Waals surface area contributed by atoms with Crippen LogP contribution in [0.3, 0.4) is 0 Å². The molecule has 0 bridgehead atoms. The van der Waals surface area contributed by atoms with Crippen LogP contribution in [0.15, 0.2) is 0 Å². The minimum atomic E-state index is -1.86. The van der Waals surface area contributed by atoms with Gasteiger partial charge in [0.15, 0.2) is 11.4 Å². The fourth-order valence-electron chi connectivity index (χ4n) is 1.77. The summed E-state index contributed by atoms with van der Waals surface area (Å²) < 4.78 is 0. The highest BCUT2D eigenvalue weighted by molar-refractivity contribution is 6.07. The maximum atomic E-state index is 11.6. The van der Waals surface area contributed by atoms with Crippen molar-refractivity contribution in [2.75, 3.05) is 14.1 Å². The molecule has 1 saturated heterocycles. The number of carbonyl (C=O) groups excluding carboxylic acids is 3. The number of hydrogen-bond acceptors (Lipinski definition) is 5. The van der Waals surface area contributed by atoms with Crippen LogP contribution in [-0.4, -0.2) is 53.3 Å². The van der Waals surface area contributed by atoms with Crippen LogP contribution in [0.2, 0.25) is 0 Å². The number of amides is 3. The lowest BCUT2D eigenvalue weighted by molar-refractivity contribution is -0.144. The van der Waals surface area contributed by atoms with Crippen LogP contribution in [0.1, 0.15) is 6.92 Å². The van der Waals surface area contributed by atoms with E-state index in [4.69, 9.17) is 11.5 Å².